The van der Waals surface area contributed by atoms with Gasteiger partial charge in [0.1, 0.15) is 5.75 Å². The molecule has 0 saturated carbocycles. The number of carbonyl (C=O) groups excluding carboxylic acids is 1. The Morgan fingerprint density at radius 2 is 2.00 bits per heavy atom. The van der Waals surface area contributed by atoms with E-state index in [1.807, 2.05) is 12.1 Å². The summed E-state index contributed by atoms with van der Waals surface area (Å²) < 4.78 is 10.9. The largest absolute Gasteiger partial charge is 0.496 e. The molecule has 1 unspecified atom stereocenters. The molecule has 2 fully saturated rings. The smallest absolute Gasteiger partial charge is 0.227 e. The van der Waals surface area contributed by atoms with Gasteiger partial charge in [-0.05, 0) is 30.9 Å². The van der Waals surface area contributed by atoms with Crippen LogP contribution in [0.15, 0.2) is 18.2 Å². The van der Waals surface area contributed by atoms with Gasteiger partial charge in [0.2, 0.25) is 5.91 Å². The van der Waals surface area contributed by atoms with Crippen molar-refractivity contribution in [2.75, 3.05) is 40.4 Å². The Morgan fingerprint density at radius 1 is 1.21 bits per heavy atom. The molecule has 1 aromatic rings. The molecule has 5 nitrogen and oxygen atoms in total. The summed E-state index contributed by atoms with van der Waals surface area (Å²) in [5, 5.41) is 3.42. The first-order valence-corrected chi connectivity index (χ1v) is 8.90. The molecule has 2 aliphatic heterocycles. The Balaban J connectivity index is 1.86. The number of hydrogen-bond donors (Lipinski definition) is 1. The van der Waals surface area contributed by atoms with Crippen LogP contribution in [-0.4, -0.2) is 51.2 Å². The standard InChI is InChI=1S/C19H28N2O3/c1-23-13-17-14(7-6-8-18(17)24-2)15-11-20-12-16(15)19(22)21-9-4-3-5-10-21/h6-8,15-16,20H,3-5,9-13H2,1-2H3/t15-,16?/m0/s1. The lowest BCUT2D eigenvalue weighted by atomic mass is 9.84. The van der Waals surface area contributed by atoms with E-state index in [4.69, 9.17) is 9.47 Å². The molecule has 0 aromatic heterocycles. The minimum atomic E-state index is 0.00538. The summed E-state index contributed by atoms with van der Waals surface area (Å²) in [5.41, 5.74) is 2.24. The molecule has 3 rings (SSSR count). The average molecular weight is 332 g/mol. The Kier molecular flexibility index (Phi) is 5.74. The third kappa shape index (κ3) is 3.42. The topological polar surface area (TPSA) is 50.8 Å². The van der Waals surface area contributed by atoms with Crippen LogP contribution in [0.4, 0.5) is 0 Å². The molecule has 2 aliphatic rings. The van der Waals surface area contributed by atoms with Crippen LogP contribution < -0.4 is 10.1 Å². The number of piperidine rings is 1. The van der Waals surface area contributed by atoms with Gasteiger partial charge in [-0.2, -0.15) is 0 Å². The highest BCUT2D eigenvalue weighted by molar-refractivity contribution is 5.81. The molecule has 24 heavy (non-hydrogen) atoms. The van der Waals surface area contributed by atoms with Crippen molar-refractivity contribution < 1.29 is 14.3 Å². The first-order valence-electron chi connectivity index (χ1n) is 8.90. The van der Waals surface area contributed by atoms with E-state index in [2.05, 4.69) is 16.3 Å². The first-order chi connectivity index (χ1) is 11.8. The van der Waals surface area contributed by atoms with E-state index in [0.717, 1.165) is 50.3 Å². The Labute approximate surface area is 144 Å². The van der Waals surface area contributed by atoms with Crippen molar-refractivity contribution in [2.45, 2.75) is 31.8 Å². The second-order valence-corrected chi connectivity index (χ2v) is 6.72. The van der Waals surface area contributed by atoms with Crippen molar-refractivity contribution in [3.8, 4) is 5.75 Å². The van der Waals surface area contributed by atoms with Crippen LogP contribution in [0.2, 0.25) is 0 Å². The molecule has 2 heterocycles. The molecular formula is C19H28N2O3. The molecule has 1 amide bonds. The Bertz CT molecular complexity index is 570. The molecule has 0 aliphatic carbocycles. The lowest BCUT2D eigenvalue weighted by molar-refractivity contribution is -0.136. The van der Waals surface area contributed by atoms with Crippen LogP contribution in [-0.2, 0) is 16.1 Å². The van der Waals surface area contributed by atoms with E-state index in [9.17, 15) is 4.79 Å². The van der Waals surface area contributed by atoms with Crippen molar-refractivity contribution in [2.24, 2.45) is 5.92 Å². The predicted molar refractivity (Wildman–Crippen MR) is 93.2 cm³/mol. The highest BCUT2D eigenvalue weighted by atomic mass is 16.5. The van der Waals surface area contributed by atoms with E-state index >= 15 is 0 Å². The maximum atomic E-state index is 13.0. The fourth-order valence-corrected chi connectivity index (χ4v) is 4.03. The first kappa shape index (κ1) is 17.2. The maximum absolute atomic E-state index is 13.0. The molecule has 2 atom stereocenters. The number of hydrogen-bond acceptors (Lipinski definition) is 4. The third-order valence-corrected chi connectivity index (χ3v) is 5.28. The van der Waals surface area contributed by atoms with Crippen molar-refractivity contribution in [1.82, 2.24) is 10.2 Å². The van der Waals surface area contributed by atoms with E-state index in [1.54, 1.807) is 14.2 Å². The van der Waals surface area contributed by atoms with Gasteiger partial charge in [-0.3, -0.25) is 4.79 Å². The number of amides is 1. The lowest BCUT2D eigenvalue weighted by Gasteiger charge is -2.31. The maximum Gasteiger partial charge on any atom is 0.227 e. The number of benzene rings is 1. The molecule has 0 bridgehead atoms. The lowest BCUT2D eigenvalue weighted by Crippen LogP contribution is -2.41. The number of ether oxygens (including phenoxy) is 2. The second kappa shape index (κ2) is 7.99. The second-order valence-electron chi connectivity index (χ2n) is 6.72. The zero-order valence-electron chi connectivity index (χ0n) is 14.7. The van der Waals surface area contributed by atoms with E-state index < -0.39 is 0 Å². The van der Waals surface area contributed by atoms with Crippen LogP contribution >= 0.6 is 0 Å². The normalized spacial score (nSPS) is 24.2. The van der Waals surface area contributed by atoms with Gasteiger partial charge < -0.3 is 19.7 Å². The van der Waals surface area contributed by atoms with Gasteiger partial charge in [-0.15, -0.1) is 0 Å². The van der Waals surface area contributed by atoms with Gasteiger partial charge in [0, 0.05) is 44.8 Å². The van der Waals surface area contributed by atoms with E-state index in [-0.39, 0.29) is 11.8 Å². The summed E-state index contributed by atoms with van der Waals surface area (Å²) >= 11 is 0. The molecule has 1 aromatic carbocycles. The molecule has 0 spiro atoms. The highest BCUT2D eigenvalue weighted by Crippen LogP contribution is 2.36. The van der Waals surface area contributed by atoms with Crippen LogP contribution in [0.1, 0.15) is 36.3 Å². The number of nitrogens with zero attached hydrogens (tertiary/aromatic N) is 1. The van der Waals surface area contributed by atoms with Gasteiger partial charge in [-0.25, -0.2) is 0 Å². The van der Waals surface area contributed by atoms with Gasteiger partial charge >= 0.3 is 0 Å². The zero-order valence-corrected chi connectivity index (χ0v) is 14.7. The quantitative estimate of drug-likeness (QED) is 0.898. The number of nitrogens with one attached hydrogen (secondary N) is 1. The van der Waals surface area contributed by atoms with Crippen LogP contribution in [0.25, 0.3) is 0 Å². The minimum absolute atomic E-state index is 0.00538. The van der Waals surface area contributed by atoms with Crippen molar-refractivity contribution in [3.05, 3.63) is 29.3 Å². The SMILES string of the molecule is COCc1c(OC)cccc1[C@@H]1CNCC1C(=O)N1CCCCC1. The van der Waals surface area contributed by atoms with Crippen LogP contribution in [0, 0.1) is 5.92 Å². The monoisotopic (exact) mass is 332 g/mol. The number of likely N-dealkylation sites (tertiary alicyclic amines) is 1. The van der Waals surface area contributed by atoms with Gasteiger partial charge in [0.05, 0.1) is 19.6 Å². The van der Waals surface area contributed by atoms with Crippen molar-refractivity contribution in [1.29, 1.82) is 0 Å². The van der Waals surface area contributed by atoms with Crippen LogP contribution in [0.5, 0.6) is 5.75 Å². The molecular weight excluding hydrogens is 304 g/mol. The fraction of sp³-hybridized carbons (Fsp3) is 0.632. The highest BCUT2D eigenvalue weighted by Gasteiger charge is 2.38. The summed E-state index contributed by atoms with van der Waals surface area (Å²) in [7, 11) is 3.38. The summed E-state index contributed by atoms with van der Waals surface area (Å²) in [4.78, 5) is 15.1. The van der Waals surface area contributed by atoms with E-state index in [1.165, 1.54) is 12.0 Å². The molecule has 2 saturated heterocycles. The summed E-state index contributed by atoms with van der Waals surface area (Å²) in [6.45, 7) is 3.90. The molecule has 132 valence electrons. The minimum Gasteiger partial charge on any atom is -0.496 e. The summed E-state index contributed by atoms with van der Waals surface area (Å²) in [6.07, 6.45) is 3.50. The van der Waals surface area contributed by atoms with Crippen molar-refractivity contribution >= 4 is 5.91 Å². The van der Waals surface area contributed by atoms with E-state index in [0.29, 0.717) is 12.5 Å². The zero-order chi connectivity index (χ0) is 16.9. The van der Waals surface area contributed by atoms with Crippen LogP contribution in [0.3, 0.4) is 0 Å². The fourth-order valence-electron chi connectivity index (χ4n) is 4.03. The number of methoxy groups -OCH3 is 2. The molecule has 5 heteroatoms. The van der Waals surface area contributed by atoms with Gasteiger partial charge in [0.25, 0.3) is 0 Å². The predicted octanol–water partition coefficient (Wildman–Crippen LogP) is 2.16. The number of rotatable bonds is 5. The number of carbonyl (C=O) groups is 1. The molecule has 0 radical (unpaired) electrons. The summed E-state index contributed by atoms with van der Waals surface area (Å²) in [6, 6.07) is 6.08. The average Bonchev–Trinajstić information content (AvgIpc) is 3.11. The summed E-state index contributed by atoms with van der Waals surface area (Å²) in [5.74, 6) is 1.33. The van der Waals surface area contributed by atoms with Gasteiger partial charge in [0.15, 0.2) is 0 Å². The van der Waals surface area contributed by atoms with Gasteiger partial charge in [-0.1, -0.05) is 12.1 Å². The Morgan fingerprint density at radius 3 is 2.71 bits per heavy atom. The van der Waals surface area contributed by atoms with Crippen molar-refractivity contribution in [3.63, 3.8) is 0 Å². The Hall–Kier alpha value is -1.59. The molecule has 1 N–H and O–H groups in total. The third-order valence-electron chi connectivity index (χ3n) is 5.28.